The van der Waals surface area contributed by atoms with Gasteiger partial charge in [0.15, 0.2) is 5.69 Å². The zero-order chi connectivity index (χ0) is 16.9. The van der Waals surface area contributed by atoms with Crippen LogP contribution in [0.2, 0.25) is 0 Å². The van der Waals surface area contributed by atoms with Gasteiger partial charge in [0, 0.05) is 6.54 Å². The molecule has 0 atom stereocenters. The topological polar surface area (TPSA) is 59.8 Å². The number of halogens is 1. The van der Waals surface area contributed by atoms with Gasteiger partial charge in [0.25, 0.3) is 5.91 Å². The highest BCUT2D eigenvalue weighted by Crippen LogP contribution is 2.08. The lowest BCUT2D eigenvalue weighted by Gasteiger charge is -2.05. The average molecular weight is 324 g/mol. The van der Waals surface area contributed by atoms with Crippen LogP contribution >= 0.6 is 0 Å². The monoisotopic (exact) mass is 324 g/mol. The summed E-state index contributed by atoms with van der Waals surface area (Å²) in [6, 6.07) is 15.8. The fourth-order valence-electron chi connectivity index (χ4n) is 2.34. The number of nitrogens with one attached hydrogen (secondary N) is 1. The van der Waals surface area contributed by atoms with Crippen LogP contribution in [0.3, 0.4) is 0 Å². The van der Waals surface area contributed by atoms with Crippen LogP contribution in [0.25, 0.3) is 0 Å². The third kappa shape index (κ3) is 3.65. The molecule has 3 aromatic rings. The molecule has 0 fully saturated rings. The summed E-state index contributed by atoms with van der Waals surface area (Å²) in [5, 5.41) is 10.8. The molecule has 2 aromatic carbocycles. The maximum absolute atomic E-state index is 12.9. The summed E-state index contributed by atoms with van der Waals surface area (Å²) in [5.74, 6) is -0.596. The van der Waals surface area contributed by atoms with Crippen molar-refractivity contribution >= 4 is 5.91 Å². The summed E-state index contributed by atoms with van der Waals surface area (Å²) in [6.07, 6.45) is 0. The van der Waals surface area contributed by atoms with Gasteiger partial charge in [-0.05, 0) is 30.2 Å². The third-order valence-corrected chi connectivity index (χ3v) is 3.74. The Kier molecular flexibility index (Phi) is 4.65. The van der Waals surface area contributed by atoms with Gasteiger partial charge in [-0.1, -0.05) is 47.7 Å². The summed E-state index contributed by atoms with van der Waals surface area (Å²) in [5.41, 5.74) is 2.91. The van der Waals surface area contributed by atoms with E-state index in [2.05, 4.69) is 15.6 Å². The minimum absolute atomic E-state index is 0.295. The average Bonchev–Trinajstić information content (AvgIpc) is 2.96. The SMILES string of the molecule is Cc1c(C(=O)NCc2ccc(F)cc2)nnn1Cc1ccccc1. The van der Waals surface area contributed by atoms with Crippen molar-refractivity contribution in [1.82, 2.24) is 20.3 Å². The van der Waals surface area contributed by atoms with Gasteiger partial charge in [-0.15, -0.1) is 5.10 Å². The molecule has 24 heavy (non-hydrogen) atoms. The molecule has 5 nitrogen and oxygen atoms in total. The van der Waals surface area contributed by atoms with E-state index in [1.807, 2.05) is 37.3 Å². The lowest BCUT2D eigenvalue weighted by atomic mass is 10.2. The first kappa shape index (κ1) is 15.9. The van der Waals surface area contributed by atoms with E-state index in [9.17, 15) is 9.18 Å². The maximum atomic E-state index is 12.9. The zero-order valence-electron chi connectivity index (χ0n) is 13.2. The van der Waals surface area contributed by atoms with Crippen molar-refractivity contribution in [2.24, 2.45) is 0 Å². The zero-order valence-corrected chi connectivity index (χ0v) is 13.2. The van der Waals surface area contributed by atoms with Crippen molar-refractivity contribution in [3.63, 3.8) is 0 Å². The van der Waals surface area contributed by atoms with Crippen molar-refractivity contribution in [3.8, 4) is 0 Å². The number of hydrogen-bond acceptors (Lipinski definition) is 3. The minimum Gasteiger partial charge on any atom is -0.347 e. The fourth-order valence-corrected chi connectivity index (χ4v) is 2.34. The Morgan fingerprint density at radius 3 is 2.50 bits per heavy atom. The number of rotatable bonds is 5. The first-order valence-electron chi connectivity index (χ1n) is 7.60. The Hall–Kier alpha value is -3.02. The van der Waals surface area contributed by atoms with Crippen LogP contribution in [-0.2, 0) is 13.1 Å². The van der Waals surface area contributed by atoms with Gasteiger partial charge in [-0.3, -0.25) is 4.79 Å². The predicted octanol–water partition coefficient (Wildman–Crippen LogP) is 2.70. The van der Waals surface area contributed by atoms with E-state index in [0.717, 1.165) is 11.1 Å². The summed E-state index contributed by atoms with van der Waals surface area (Å²) in [6.45, 7) is 2.69. The molecule has 6 heteroatoms. The van der Waals surface area contributed by atoms with Gasteiger partial charge in [0.05, 0.1) is 12.2 Å². The largest absolute Gasteiger partial charge is 0.347 e. The lowest BCUT2D eigenvalue weighted by molar-refractivity contribution is 0.0945. The predicted molar refractivity (Wildman–Crippen MR) is 87.9 cm³/mol. The van der Waals surface area contributed by atoms with Gasteiger partial charge < -0.3 is 5.32 Å². The molecule has 0 aliphatic carbocycles. The molecule has 1 N–H and O–H groups in total. The summed E-state index contributed by atoms with van der Waals surface area (Å²) < 4.78 is 14.6. The molecule has 1 heterocycles. The number of benzene rings is 2. The summed E-state index contributed by atoms with van der Waals surface area (Å²) >= 11 is 0. The third-order valence-electron chi connectivity index (χ3n) is 3.74. The van der Waals surface area contributed by atoms with Crippen molar-refractivity contribution in [1.29, 1.82) is 0 Å². The highest BCUT2D eigenvalue weighted by molar-refractivity contribution is 5.93. The minimum atomic E-state index is -0.301. The van der Waals surface area contributed by atoms with E-state index in [1.165, 1.54) is 12.1 Å². The highest BCUT2D eigenvalue weighted by Gasteiger charge is 2.16. The van der Waals surface area contributed by atoms with Crippen LogP contribution in [0.15, 0.2) is 54.6 Å². The van der Waals surface area contributed by atoms with Crippen molar-refractivity contribution < 1.29 is 9.18 Å². The number of aromatic nitrogens is 3. The van der Waals surface area contributed by atoms with E-state index in [-0.39, 0.29) is 11.7 Å². The quantitative estimate of drug-likeness (QED) is 0.785. The molecule has 3 rings (SSSR count). The molecule has 0 unspecified atom stereocenters. The molecular weight excluding hydrogens is 307 g/mol. The summed E-state index contributed by atoms with van der Waals surface area (Å²) in [4.78, 5) is 12.3. The lowest BCUT2D eigenvalue weighted by Crippen LogP contribution is -2.24. The normalized spacial score (nSPS) is 10.6. The number of carbonyl (C=O) groups excluding carboxylic acids is 1. The number of carbonyl (C=O) groups is 1. The first-order chi connectivity index (χ1) is 11.6. The Balaban J connectivity index is 1.66. The highest BCUT2D eigenvalue weighted by atomic mass is 19.1. The molecule has 0 saturated carbocycles. The van der Waals surface area contributed by atoms with E-state index in [1.54, 1.807) is 16.8 Å². The Morgan fingerprint density at radius 2 is 1.79 bits per heavy atom. The van der Waals surface area contributed by atoms with Crippen molar-refractivity contribution in [2.75, 3.05) is 0 Å². The van der Waals surface area contributed by atoms with Gasteiger partial charge in [0.1, 0.15) is 5.82 Å². The molecular formula is C18H17FN4O. The molecule has 122 valence electrons. The van der Waals surface area contributed by atoms with Crippen LogP contribution in [0.5, 0.6) is 0 Å². The molecule has 0 aliphatic heterocycles. The van der Waals surface area contributed by atoms with Gasteiger partial charge in [-0.25, -0.2) is 9.07 Å². The van der Waals surface area contributed by atoms with Gasteiger partial charge in [-0.2, -0.15) is 0 Å². The van der Waals surface area contributed by atoms with Crippen LogP contribution in [-0.4, -0.2) is 20.9 Å². The molecule has 0 bridgehead atoms. The molecule has 0 radical (unpaired) electrons. The van der Waals surface area contributed by atoms with E-state index >= 15 is 0 Å². The molecule has 0 spiro atoms. The number of nitrogens with zero attached hydrogens (tertiary/aromatic N) is 3. The standard InChI is InChI=1S/C18H17FN4O/c1-13-17(18(24)20-11-14-7-9-16(19)10-8-14)21-22-23(13)12-15-5-3-2-4-6-15/h2-10H,11-12H2,1H3,(H,20,24). The van der Waals surface area contributed by atoms with Crippen molar-refractivity contribution in [3.05, 3.63) is 82.9 Å². The molecule has 0 aliphatic rings. The van der Waals surface area contributed by atoms with Crippen LogP contribution in [0.1, 0.15) is 27.3 Å². The Labute approximate surface area is 139 Å². The van der Waals surface area contributed by atoms with Crippen LogP contribution in [0, 0.1) is 12.7 Å². The molecule has 1 aromatic heterocycles. The van der Waals surface area contributed by atoms with E-state index in [4.69, 9.17) is 0 Å². The molecule has 0 saturated heterocycles. The fraction of sp³-hybridized carbons (Fsp3) is 0.167. The summed E-state index contributed by atoms with van der Waals surface area (Å²) in [7, 11) is 0. The Morgan fingerprint density at radius 1 is 1.08 bits per heavy atom. The maximum Gasteiger partial charge on any atom is 0.274 e. The van der Waals surface area contributed by atoms with E-state index < -0.39 is 0 Å². The number of amides is 1. The smallest absolute Gasteiger partial charge is 0.274 e. The van der Waals surface area contributed by atoms with Gasteiger partial charge in [0.2, 0.25) is 0 Å². The molecule has 1 amide bonds. The first-order valence-corrected chi connectivity index (χ1v) is 7.60. The van der Waals surface area contributed by atoms with Crippen molar-refractivity contribution in [2.45, 2.75) is 20.0 Å². The Bertz CT molecular complexity index is 828. The van der Waals surface area contributed by atoms with Gasteiger partial charge >= 0.3 is 0 Å². The number of hydrogen-bond donors (Lipinski definition) is 1. The second-order valence-electron chi connectivity index (χ2n) is 5.48. The second-order valence-corrected chi connectivity index (χ2v) is 5.48. The van der Waals surface area contributed by atoms with Crippen LogP contribution < -0.4 is 5.32 Å². The van der Waals surface area contributed by atoms with Crippen LogP contribution in [0.4, 0.5) is 4.39 Å². The van der Waals surface area contributed by atoms with E-state index in [0.29, 0.717) is 24.5 Å². The second kappa shape index (κ2) is 7.04.